The molecule has 29 heavy (non-hydrogen) atoms. The number of ether oxygens (including phenoxy) is 1. The lowest BCUT2D eigenvalue weighted by atomic mass is 10.1. The summed E-state index contributed by atoms with van der Waals surface area (Å²) in [5.41, 5.74) is 7.26. The van der Waals surface area contributed by atoms with Crippen molar-refractivity contribution in [3.63, 3.8) is 0 Å². The average Bonchev–Trinajstić information content (AvgIpc) is 3.04. The Morgan fingerprint density at radius 2 is 1.93 bits per heavy atom. The van der Waals surface area contributed by atoms with Gasteiger partial charge in [-0.2, -0.15) is 5.26 Å². The molecule has 0 aliphatic rings. The number of amides is 2. The highest BCUT2D eigenvalue weighted by Crippen LogP contribution is 2.24. The van der Waals surface area contributed by atoms with Crippen LogP contribution in [0.5, 0.6) is 5.75 Å². The molecule has 0 fully saturated rings. The molecule has 1 aromatic heterocycles. The summed E-state index contributed by atoms with van der Waals surface area (Å²) < 4.78 is 7.07. The molecule has 0 spiro atoms. The Bertz CT molecular complexity index is 1120. The largest absolute Gasteiger partial charge is 0.494 e. The van der Waals surface area contributed by atoms with Crippen LogP contribution in [-0.2, 0) is 16.1 Å². The highest BCUT2D eigenvalue weighted by molar-refractivity contribution is 6.10. The average molecular weight is 388 g/mol. The van der Waals surface area contributed by atoms with Gasteiger partial charge in [-0.3, -0.25) is 9.59 Å². The van der Waals surface area contributed by atoms with Crippen LogP contribution in [0, 0.1) is 11.3 Å². The first kappa shape index (κ1) is 19.7. The van der Waals surface area contributed by atoms with Gasteiger partial charge in [-0.25, -0.2) is 0 Å². The molecule has 1 heterocycles. The van der Waals surface area contributed by atoms with Crippen LogP contribution < -0.4 is 15.8 Å². The first-order chi connectivity index (χ1) is 14.0. The number of fused-ring (bicyclic) bond motifs is 1. The van der Waals surface area contributed by atoms with Crippen LogP contribution in [0.4, 0.5) is 5.69 Å². The monoisotopic (exact) mass is 388 g/mol. The Hall–Kier alpha value is -4.05. The lowest BCUT2D eigenvalue weighted by Gasteiger charge is -2.06. The molecular formula is C22H20N4O3. The third-order valence-corrected chi connectivity index (χ3v) is 4.23. The fourth-order valence-corrected chi connectivity index (χ4v) is 2.99. The maximum atomic E-state index is 12.6. The van der Waals surface area contributed by atoms with E-state index in [1.54, 1.807) is 35.0 Å². The molecule has 0 saturated carbocycles. The molecule has 0 unspecified atom stereocenters. The van der Waals surface area contributed by atoms with Gasteiger partial charge in [-0.1, -0.05) is 18.2 Å². The SMILES string of the molecule is CCOc1ccc(NC(=O)/C(C#N)=C/c2cn(CC(N)=O)c3ccccc23)cc1. The number of nitrogens with two attached hydrogens (primary N) is 1. The summed E-state index contributed by atoms with van der Waals surface area (Å²) in [7, 11) is 0. The molecule has 146 valence electrons. The van der Waals surface area contributed by atoms with Gasteiger partial charge >= 0.3 is 0 Å². The van der Waals surface area contributed by atoms with Crippen molar-refractivity contribution < 1.29 is 14.3 Å². The van der Waals surface area contributed by atoms with Crippen molar-refractivity contribution in [2.45, 2.75) is 13.5 Å². The molecule has 0 bridgehead atoms. The molecular weight excluding hydrogens is 368 g/mol. The Morgan fingerprint density at radius 3 is 2.59 bits per heavy atom. The normalized spacial score (nSPS) is 11.1. The topological polar surface area (TPSA) is 110 Å². The maximum absolute atomic E-state index is 12.6. The third kappa shape index (κ3) is 4.62. The van der Waals surface area contributed by atoms with E-state index in [1.165, 1.54) is 6.08 Å². The molecule has 3 rings (SSSR count). The predicted octanol–water partition coefficient (Wildman–Crippen LogP) is 3.07. The number of para-hydroxylation sites is 1. The summed E-state index contributed by atoms with van der Waals surface area (Å²) in [6.45, 7) is 2.45. The number of benzene rings is 2. The van der Waals surface area contributed by atoms with Crippen LogP contribution in [0.1, 0.15) is 12.5 Å². The highest BCUT2D eigenvalue weighted by Gasteiger charge is 2.13. The Kier molecular flexibility index (Phi) is 5.95. The second kappa shape index (κ2) is 8.76. The molecule has 3 aromatic rings. The minimum absolute atomic E-state index is 0.00855. The fourth-order valence-electron chi connectivity index (χ4n) is 2.99. The minimum atomic E-state index is -0.525. The van der Waals surface area contributed by atoms with Crippen molar-refractivity contribution in [1.82, 2.24) is 4.57 Å². The first-order valence-corrected chi connectivity index (χ1v) is 9.04. The van der Waals surface area contributed by atoms with E-state index in [0.717, 1.165) is 10.9 Å². The van der Waals surface area contributed by atoms with E-state index < -0.39 is 11.8 Å². The van der Waals surface area contributed by atoms with E-state index in [2.05, 4.69) is 5.32 Å². The summed E-state index contributed by atoms with van der Waals surface area (Å²) in [4.78, 5) is 23.9. The van der Waals surface area contributed by atoms with Crippen LogP contribution in [-0.4, -0.2) is 23.0 Å². The number of carbonyl (C=O) groups is 2. The highest BCUT2D eigenvalue weighted by atomic mass is 16.5. The number of nitriles is 1. The lowest BCUT2D eigenvalue weighted by molar-refractivity contribution is -0.118. The number of hydrogen-bond donors (Lipinski definition) is 2. The van der Waals surface area contributed by atoms with Crippen LogP contribution in [0.15, 0.2) is 60.3 Å². The molecule has 0 saturated heterocycles. The Morgan fingerprint density at radius 1 is 1.21 bits per heavy atom. The quantitative estimate of drug-likeness (QED) is 0.479. The van der Waals surface area contributed by atoms with Gasteiger partial charge in [-0.15, -0.1) is 0 Å². The van der Waals surface area contributed by atoms with Gasteiger partial charge in [0.1, 0.15) is 23.9 Å². The van der Waals surface area contributed by atoms with Crippen molar-refractivity contribution in [3.05, 3.63) is 65.9 Å². The summed E-state index contributed by atoms with van der Waals surface area (Å²) >= 11 is 0. The number of aromatic nitrogens is 1. The van der Waals surface area contributed by atoms with E-state index in [0.29, 0.717) is 23.6 Å². The molecule has 2 amide bonds. The van der Waals surface area contributed by atoms with Gasteiger partial charge in [0.25, 0.3) is 5.91 Å². The smallest absolute Gasteiger partial charge is 0.266 e. The van der Waals surface area contributed by atoms with Gasteiger partial charge in [0, 0.05) is 28.4 Å². The summed E-state index contributed by atoms with van der Waals surface area (Å²) in [6.07, 6.45) is 3.21. The molecule has 0 aliphatic heterocycles. The van der Waals surface area contributed by atoms with E-state index in [9.17, 15) is 14.9 Å². The second-order valence-electron chi connectivity index (χ2n) is 6.28. The molecule has 7 nitrogen and oxygen atoms in total. The van der Waals surface area contributed by atoms with Gasteiger partial charge < -0.3 is 20.4 Å². The standard InChI is InChI=1S/C22H20N4O3/c1-2-29-18-9-7-17(8-10-18)25-22(28)15(12-23)11-16-13-26(14-21(24)27)20-6-4-3-5-19(16)20/h3-11,13H,2,14H2,1H3,(H2,24,27)(H,25,28)/b15-11+. The van der Waals surface area contributed by atoms with E-state index >= 15 is 0 Å². The molecule has 0 atom stereocenters. The van der Waals surface area contributed by atoms with Crippen LogP contribution in [0.25, 0.3) is 17.0 Å². The maximum Gasteiger partial charge on any atom is 0.266 e. The third-order valence-electron chi connectivity index (χ3n) is 4.23. The van der Waals surface area contributed by atoms with E-state index in [-0.39, 0.29) is 12.1 Å². The minimum Gasteiger partial charge on any atom is -0.494 e. The summed E-state index contributed by atoms with van der Waals surface area (Å²) in [5, 5.41) is 13.0. The molecule has 3 N–H and O–H groups in total. The summed E-state index contributed by atoms with van der Waals surface area (Å²) in [5.74, 6) is -0.303. The zero-order valence-electron chi connectivity index (χ0n) is 15.9. The molecule has 2 aromatic carbocycles. The number of nitrogens with one attached hydrogen (secondary N) is 1. The number of primary amides is 1. The number of anilines is 1. The molecule has 0 radical (unpaired) electrons. The van der Waals surface area contributed by atoms with Gasteiger partial charge in [0.05, 0.1) is 6.61 Å². The molecule has 0 aliphatic carbocycles. The van der Waals surface area contributed by atoms with Crippen molar-refractivity contribution in [3.8, 4) is 11.8 Å². The zero-order chi connectivity index (χ0) is 20.8. The number of hydrogen-bond acceptors (Lipinski definition) is 4. The van der Waals surface area contributed by atoms with Crippen LogP contribution in [0.2, 0.25) is 0 Å². The van der Waals surface area contributed by atoms with Gasteiger partial charge in [-0.05, 0) is 43.3 Å². The molecule has 7 heteroatoms. The number of rotatable bonds is 7. The van der Waals surface area contributed by atoms with E-state index in [4.69, 9.17) is 10.5 Å². The van der Waals surface area contributed by atoms with Crippen molar-refractivity contribution >= 4 is 34.5 Å². The summed E-state index contributed by atoms with van der Waals surface area (Å²) in [6, 6.07) is 16.2. The van der Waals surface area contributed by atoms with Crippen LogP contribution >= 0.6 is 0 Å². The van der Waals surface area contributed by atoms with Crippen molar-refractivity contribution in [2.24, 2.45) is 5.73 Å². The lowest BCUT2D eigenvalue weighted by Crippen LogP contribution is -2.17. The first-order valence-electron chi connectivity index (χ1n) is 9.04. The number of nitrogens with zero attached hydrogens (tertiary/aromatic N) is 2. The van der Waals surface area contributed by atoms with Gasteiger partial charge in [0.2, 0.25) is 5.91 Å². The number of carbonyl (C=O) groups excluding carboxylic acids is 2. The zero-order valence-corrected chi connectivity index (χ0v) is 15.9. The van der Waals surface area contributed by atoms with Crippen molar-refractivity contribution in [1.29, 1.82) is 5.26 Å². The van der Waals surface area contributed by atoms with Crippen molar-refractivity contribution in [2.75, 3.05) is 11.9 Å². The fraction of sp³-hybridized carbons (Fsp3) is 0.136. The van der Waals surface area contributed by atoms with Crippen LogP contribution in [0.3, 0.4) is 0 Å². The Balaban J connectivity index is 1.88. The predicted molar refractivity (Wildman–Crippen MR) is 111 cm³/mol. The second-order valence-corrected chi connectivity index (χ2v) is 6.28. The Labute approximate surface area is 168 Å². The van der Waals surface area contributed by atoms with Gasteiger partial charge in [0.15, 0.2) is 0 Å². The van der Waals surface area contributed by atoms with E-state index in [1.807, 2.05) is 37.3 Å².